The van der Waals surface area contributed by atoms with Crippen molar-refractivity contribution in [3.05, 3.63) is 5.76 Å². The van der Waals surface area contributed by atoms with E-state index in [1.54, 1.807) is 11.8 Å². The molecule has 1 heterocycles. The summed E-state index contributed by atoms with van der Waals surface area (Å²) in [7, 11) is 0. The molecule has 5 fully saturated rings. The van der Waals surface area contributed by atoms with E-state index in [1.807, 2.05) is 13.8 Å². The summed E-state index contributed by atoms with van der Waals surface area (Å²) in [5.74, 6) is 3.38. The second-order valence-electron chi connectivity index (χ2n) is 12.7. The molecule has 9 heteroatoms. The van der Waals surface area contributed by atoms with Gasteiger partial charge in [0.25, 0.3) is 11.8 Å². The minimum atomic E-state index is -0.410. The van der Waals surface area contributed by atoms with Crippen molar-refractivity contribution in [1.82, 2.24) is 15.8 Å². The first-order valence-electron chi connectivity index (χ1n) is 14.4. The molecule has 0 unspecified atom stereocenters. The van der Waals surface area contributed by atoms with E-state index in [1.165, 1.54) is 51.4 Å². The lowest BCUT2D eigenvalue weighted by molar-refractivity contribution is -0.123. The Morgan fingerprint density at radius 2 is 1.76 bits per heavy atom. The molecule has 0 aromatic carbocycles. The van der Waals surface area contributed by atoms with Gasteiger partial charge in [-0.3, -0.25) is 9.59 Å². The molecular weight excluding hydrogens is 488 g/mol. The van der Waals surface area contributed by atoms with Crippen LogP contribution in [-0.4, -0.2) is 48.0 Å². The van der Waals surface area contributed by atoms with E-state index in [9.17, 15) is 9.59 Å². The molecule has 4 bridgehead atoms. The van der Waals surface area contributed by atoms with Gasteiger partial charge in [-0.1, -0.05) is 33.1 Å². The Balaban J connectivity index is 1.28. The minimum absolute atomic E-state index is 0.0493. The number of thioether (sulfide) groups is 1. The van der Waals surface area contributed by atoms with Crippen LogP contribution in [0.25, 0.3) is 0 Å². The molecule has 0 spiro atoms. The number of carbonyl (C=O) groups is 2. The van der Waals surface area contributed by atoms with Gasteiger partial charge in [0, 0.05) is 36.2 Å². The van der Waals surface area contributed by atoms with Crippen LogP contribution in [0, 0.1) is 29.1 Å². The second-order valence-corrected chi connectivity index (χ2v) is 14.0. The molecule has 0 saturated heterocycles. The molecule has 5 aliphatic carbocycles. The van der Waals surface area contributed by atoms with Crippen molar-refractivity contribution in [2.24, 2.45) is 34.8 Å². The molecule has 0 radical (unpaired) electrons. The Morgan fingerprint density at radius 1 is 1.08 bits per heavy atom. The normalized spacial score (nSPS) is 29.3. The molecule has 0 aliphatic heterocycles. The molecule has 1 aromatic heterocycles. The van der Waals surface area contributed by atoms with E-state index < -0.39 is 5.41 Å². The van der Waals surface area contributed by atoms with Crippen LogP contribution in [0.5, 0.6) is 5.88 Å². The van der Waals surface area contributed by atoms with Crippen molar-refractivity contribution < 1.29 is 18.8 Å². The summed E-state index contributed by atoms with van der Waals surface area (Å²) in [6.45, 7) is 5.15. The van der Waals surface area contributed by atoms with Crippen LogP contribution in [0.1, 0.15) is 95.0 Å². The predicted octanol–water partition coefficient (Wildman–Crippen LogP) is 4.52. The van der Waals surface area contributed by atoms with Crippen molar-refractivity contribution in [3.63, 3.8) is 0 Å². The van der Waals surface area contributed by atoms with Crippen LogP contribution in [-0.2, 0) is 4.79 Å². The van der Waals surface area contributed by atoms with Gasteiger partial charge in [-0.25, -0.2) is 0 Å². The maximum atomic E-state index is 13.6. The van der Waals surface area contributed by atoms with Crippen LogP contribution in [0.15, 0.2) is 9.42 Å². The standard InChI is InChI=1S/C28H44N4O4S/c1-28(2,15-22(33)30-9-8-29)16-35-27-25(37-21-6-4-3-5-7-21)24(36-32-27)26(34)31-23-19-11-17-10-18(13-19)14-20(23)12-17/h17-21,23H,3-16,29H2,1-2H3,(H,30,33)(H,31,34). The van der Waals surface area contributed by atoms with E-state index in [0.717, 1.165) is 29.6 Å². The number of aromatic nitrogens is 1. The molecular formula is C28H44N4O4S. The third-order valence-electron chi connectivity index (χ3n) is 8.89. The van der Waals surface area contributed by atoms with Gasteiger partial charge >= 0.3 is 0 Å². The maximum absolute atomic E-state index is 13.6. The van der Waals surface area contributed by atoms with Gasteiger partial charge < -0.3 is 25.6 Å². The first-order valence-corrected chi connectivity index (χ1v) is 15.3. The fraction of sp³-hybridized carbons (Fsp3) is 0.821. The molecule has 8 nitrogen and oxygen atoms in total. The number of nitrogens with two attached hydrogens (primary N) is 1. The van der Waals surface area contributed by atoms with Gasteiger partial charge in [-0.05, 0) is 73.8 Å². The molecule has 5 aliphatic rings. The number of rotatable bonds is 11. The number of nitrogens with zero attached hydrogens (tertiary/aromatic N) is 1. The number of nitrogens with one attached hydrogen (secondary N) is 2. The maximum Gasteiger partial charge on any atom is 0.291 e. The topological polar surface area (TPSA) is 119 Å². The summed E-state index contributed by atoms with van der Waals surface area (Å²) in [5, 5.41) is 10.9. The highest BCUT2D eigenvalue weighted by molar-refractivity contribution is 8.00. The van der Waals surface area contributed by atoms with Crippen molar-refractivity contribution in [1.29, 1.82) is 0 Å². The van der Waals surface area contributed by atoms with Gasteiger partial charge in [-0.2, -0.15) is 0 Å². The highest BCUT2D eigenvalue weighted by atomic mass is 32.2. The summed E-state index contributed by atoms with van der Waals surface area (Å²) in [6.07, 6.45) is 12.6. The zero-order chi connectivity index (χ0) is 26.0. The van der Waals surface area contributed by atoms with Crippen molar-refractivity contribution in [2.75, 3.05) is 19.7 Å². The average Bonchev–Trinajstić information content (AvgIpc) is 3.26. The SMILES string of the molecule is CC(C)(COc1noc(C(=O)NC2C3CC4CC(C3)CC2C4)c1SC1CCCCC1)CC(=O)NCCN. The van der Waals surface area contributed by atoms with E-state index >= 15 is 0 Å². The number of hydrogen-bond donors (Lipinski definition) is 3. The summed E-state index contributed by atoms with van der Waals surface area (Å²) in [4.78, 5) is 26.5. The van der Waals surface area contributed by atoms with E-state index in [-0.39, 0.29) is 23.6 Å². The number of amides is 2. The molecule has 2 amide bonds. The monoisotopic (exact) mass is 532 g/mol. The first kappa shape index (κ1) is 26.9. The first-order chi connectivity index (χ1) is 17.8. The van der Waals surface area contributed by atoms with Crippen LogP contribution < -0.4 is 21.1 Å². The molecule has 5 saturated carbocycles. The van der Waals surface area contributed by atoms with E-state index in [2.05, 4.69) is 15.8 Å². The van der Waals surface area contributed by atoms with Crippen LogP contribution >= 0.6 is 11.8 Å². The quantitative estimate of drug-likeness (QED) is 0.383. The zero-order valence-corrected chi connectivity index (χ0v) is 23.2. The van der Waals surface area contributed by atoms with Gasteiger partial charge in [0.15, 0.2) is 0 Å². The van der Waals surface area contributed by atoms with Gasteiger partial charge in [-0.15, -0.1) is 11.8 Å². The van der Waals surface area contributed by atoms with Crippen molar-refractivity contribution >= 4 is 23.6 Å². The number of ether oxygens (including phenoxy) is 1. The Morgan fingerprint density at radius 3 is 2.41 bits per heavy atom. The minimum Gasteiger partial charge on any atom is -0.474 e. The molecule has 6 rings (SSSR count). The fourth-order valence-electron chi connectivity index (χ4n) is 7.36. The van der Waals surface area contributed by atoms with Crippen molar-refractivity contribution in [3.8, 4) is 5.88 Å². The van der Waals surface area contributed by atoms with E-state index in [4.69, 9.17) is 15.0 Å². The summed E-state index contributed by atoms with van der Waals surface area (Å²) < 4.78 is 11.8. The third-order valence-corrected chi connectivity index (χ3v) is 10.3. The smallest absolute Gasteiger partial charge is 0.291 e. The molecule has 0 atom stereocenters. The summed E-state index contributed by atoms with van der Waals surface area (Å²) in [5.41, 5.74) is 5.09. The zero-order valence-electron chi connectivity index (χ0n) is 22.4. The Kier molecular flexibility index (Phi) is 8.39. The largest absolute Gasteiger partial charge is 0.474 e. The highest BCUT2D eigenvalue weighted by Crippen LogP contribution is 2.54. The average molecular weight is 533 g/mol. The van der Waals surface area contributed by atoms with Gasteiger partial charge in [0.05, 0.1) is 6.61 Å². The molecule has 1 aromatic rings. The summed E-state index contributed by atoms with van der Waals surface area (Å²) >= 11 is 1.68. The van der Waals surface area contributed by atoms with E-state index in [0.29, 0.717) is 49.1 Å². The van der Waals surface area contributed by atoms with Gasteiger partial charge in [0.1, 0.15) is 4.90 Å². The number of hydrogen-bond acceptors (Lipinski definition) is 7. The number of carbonyl (C=O) groups excluding carboxylic acids is 2. The third kappa shape index (κ3) is 6.47. The highest BCUT2D eigenvalue weighted by Gasteiger charge is 2.49. The lowest BCUT2D eigenvalue weighted by Crippen LogP contribution is -2.55. The summed E-state index contributed by atoms with van der Waals surface area (Å²) in [6, 6.07) is 0.244. The van der Waals surface area contributed by atoms with Crippen LogP contribution in [0.2, 0.25) is 0 Å². The van der Waals surface area contributed by atoms with Gasteiger partial charge in [0.2, 0.25) is 11.7 Å². The lowest BCUT2D eigenvalue weighted by atomic mass is 9.54. The predicted molar refractivity (Wildman–Crippen MR) is 143 cm³/mol. The van der Waals surface area contributed by atoms with Crippen LogP contribution in [0.3, 0.4) is 0 Å². The van der Waals surface area contributed by atoms with Crippen LogP contribution in [0.4, 0.5) is 0 Å². The second kappa shape index (κ2) is 11.6. The van der Waals surface area contributed by atoms with Crippen molar-refractivity contribution in [2.45, 2.75) is 101 Å². The molecule has 4 N–H and O–H groups in total. The Bertz CT molecular complexity index is 930. The lowest BCUT2D eigenvalue weighted by Gasteiger charge is -2.54. The molecule has 37 heavy (non-hydrogen) atoms. The Hall–Kier alpha value is -1.74. The molecule has 206 valence electrons. The fourth-order valence-corrected chi connectivity index (χ4v) is 8.69. The Labute approximate surface area is 224 Å².